The van der Waals surface area contributed by atoms with Crippen LogP contribution in [0.3, 0.4) is 0 Å². The maximum Gasteiger partial charge on any atom is 0.332 e. The summed E-state index contributed by atoms with van der Waals surface area (Å²) >= 11 is 13.9. The minimum atomic E-state index is -0.513. The number of rotatable bonds is 13. The van der Waals surface area contributed by atoms with Gasteiger partial charge in [-0.2, -0.15) is 0 Å². The number of carbonyl (C=O) groups excluding carboxylic acids is 1. The zero-order valence-corrected chi connectivity index (χ0v) is 33.5. The van der Waals surface area contributed by atoms with Crippen LogP contribution in [0.5, 0.6) is 5.88 Å². The van der Waals surface area contributed by atoms with Gasteiger partial charge in [0.15, 0.2) is 5.65 Å². The van der Waals surface area contributed by atoms with Crippen LogP contribution in [0.4, 0.5) is 16.3 Å². The van der Waals surface area contributed by atoms with Crippen molar-refractivity contribution < 1.29 is 14.3 Å². The molecular formula is C39H47Cl2N9O5. The molecule has 5 aromatic rings. The third kappa shape index (κ3) is 9.10. The second-order valence-corrected chi connectivity index (χ2v) is 13.7. The van der Waals surface area contributed by atoms with E-state index in [1.165, 1.54) is 23.5 Å². The summed E-state index contributed by atoms with van der Waals surface area (Å²) < 4.78 is 12.9. The monoisotopic (exact) mass is 791 g/mol. The Balaban J connectivity index is 0.000000329. The van der Waals surface area contributed by atoms with Crippen LogP contribution >= 0.6 is 23.2 Å². The molecule has 6 rings (SSSR count). The predicted molar refractivity (Wildman–Crippen MR) is 218 cm³/mol. The van der Waals surface area contributed by atoms with Crippen LogP contribution in [0.2, 0.25) is 10.0 Å². The van der Waals surface area contributed by atoms with Crippen molar-refractivity contribution >= 4 is 51.8 Å². The van der Waals surface area contributed by atoms with Crippen molar-refractivity contribution in [3.05, 3.63) is 90.8 Å². The molecule has 0 bridgehead atoms. The number of halogens is 2. The summed E-state index contributed by atoms with van der Waals surface area (Å²) in [4.78, 5) is 51.8. The molecule has 0 fully saturated rings. The lowest BCUT2D eigenvalue weighted by Crippen LogP contribution is -2.40. The van der Waals surface area contributed by atoms with Gasteiger partial charge >= 0.3 is 11.7 Å². The summed E-state index contributed by atoms with van der Waals surface area (Å²) in [5, 5.41) is 9.94. The quantitative estimate of drug-likeness (QED) is 0.129. The number of pyridine rings is 1. The smallest absolute Gasteiger partial charge is 0.332 e. The van der Waals surface area contributed by atoms with Gasteiger partial charge in [-0.1, -0.05) is 53.5 Å². The largest absolute Gasteiger partial charge is 0.481 e. The average molecular weight is 793 g/mol. The molecule has 3 aromatic heterocycles. The van der Waals surface area contributed by atoms with E-state index in [2.05, 4.69) is 32.0 Å². The highest BCUT2D eigenvalue weighted by molar-refractivity contribution is 6.39. The summed E-state index contributed by atoms with van der Waals surface area (Å²) in [6, 6.07) is 13.3. The fourth-order valence-corrected chi connectivity index (χ4v) is 7.12. The van der Waals surface area contributed by atoms with Gasteiger partial charge in [0.1, 0.15) is 17.5 Å². The van der Waals surface area contributed by atoms with Gasteiger partial charge < -0.3 is 30.3 Å². The van der Waals surface area contributed by atoms with Gasteiger partial charge in [0.05, 0.1) is 35.1 Å². The number of nitrogens with one attached hydrogen (secondary N) is 3. The number of unbranched alkanes of at least 4 members (excludes halogenated alkanes) is 1. The average Bonchev–Trinajstić information content (AvgIpc) is 3.68. The summed E-state index contributed by atoms with van der Waals surface area (Å²) in [5.41, 5.74) is 5.04. The molecule has 3 N–H and O–H groups in total. The molecule has 0 aliphatic heterocycles. The first-order valence-electron chi connectivity index (χ1n) is 18.0. The molecule has 292 valence electrons. The minimum Gasteiger partial charge on any atom is -0.481 e. The lowest BCUT2D eigenvalue weighted by molar-refractivity contribution is 0.149. The van der Waals surface area contributed by atoms with E-state index in [9.17, 15) is 14.4 Å². The van der Waals surface area contributed by atoms with E-state index in [1.54, 1.807) is 39.3 Å². The number of carbonyl (C=O) groups is 1. The number of benzene rings is 2. The highest BCUT2D eigenvalue weighted by atomic mass is 35.5. The molecule has 3 heterocycles. The maximum absolute atomic E-state index is 13.0. The van der Waals surface area contributed by atoms with Gasteiger partial charge in [-0.15, -0.1) is 0 Å². The zero-order chi connectivity index (χ0) is 39.6. The lowest BCUT2D eigenvalue weighted by atomic mass is 9.99. The second kappa shape index (κ2) is 19.0. The molecule has 2 amide bonds. The van der Waals surface area contributed by atoms with Gasteiger partial charge in [0.2, 0.25) is 5.88 Å². The number of methoxy groups -OCH3 is 2. The number of anilines is 2. The molecular weight excluding hydrogens is 745 g/mol. The second-order valence-electron chi connectivity index (χ2n) is 12.9. The van der Waals surface area contributed by atoms with Gasteiger partial charge in [-0.25, -0.2) is 24.5 Å². The van der Waals surface area contributed by atoms with Crippen LogP contribution in [0.25, 0.3) is 33.4 Å². The first-order chi connectivity index (χ1) is 26.6. The van der Waals surface area contributed by atoms with E-state index >= 15 is 0 Å². The topological polar surface area (TPSA) is 158 Å². The molecule has 0 radical (unpaired) electrons. The Morgan fingerprint density at radius 3 is 2.36 bits per heavy atom. The molecule has 0 spiro atoms. The van der Waals surface area contributed by atoms with E-state index in [0.717, 1.165) is 72.1 Å². The summed E-state index contributed by atoms with van der Waals surface area (Å²) in [7, 11) is 9.82. The molecule has 14 nitrogen and oxygen atoms in total. The fraction of sp³-hybridized carbons (Fsp3) is 0.385. The van der Waals surface area contributed by atoms with Gasteiger partial charge in [-0.05, 0) is 63.4 Å². The van der Waals surface area contributed by atoms with Crippen LogP contribution in [-0.4, -0.2) is 89.6 Å². The van der Waals surface area contributed by atoms with Crippen LogP contribution < -0.4 is 31.9 Å². The molecule has 55 heavy (non-hydrogen) atoms. The maximum atomic E-state index is 13.0. The van der Waals surface area contributed by atoms with E-state index in [-0.39, 0.29) is 22.9 Å². The van der Waals surface area contributed by atoms with Crippen molar-refractivity contribution in [1.82, 2.24) is 39.6 Å². The standard InChI is InChI=1S/C29H24Cl2N6O3.C10H23N3O2/c1-36-26-22(28(38)37(2)29(36)39)25(32-14-33-26)34-20-12-6-10-18(24(20)31)17-9-5-11-19(23(17)30)21-13-15-7-4-8-16(15)27(35-21)40-3;1-11-6-4-5-7-13(8-9-15-3)10(14)12-2/h5-6,9-14H,4,7-8H2,1-3H3,(H,32,33,34);11H,4-9H2,1-3H3,(H,12,14). The van der Waals surface area contributed by atoms with Crippen molar-refractivity contribution in [3.63, 3.8) is 0 Å². The number of hydrogen-bond acceptors (Lipinski definition) is 10. The van der Waals surface area contributed by atoms with Gasteiger partial charge in [0, 0.05) is 63.6 Å². The molecule has 0 unspecified atom stereocenters. The van der Waals surface area contributed by atoms with Crippen LogP contribution in [0.15, 0.2) is 58.4 Å². The van der Waals surface area contributed by atoms with E-state index in [4.69, 9.17) is 37.7 Å². The number of aryl methyl sites for hydroxylation is 2. The Kier molecular flexibility index (Phi) is 14.2. The Labute approximate surface area is 329 Å². The molecule has 0 atom stereocenters. The number of amides is 2. The van der Waals surface area contributed by atoms with Crippen LogP contribution in [-0.2, 0) is 31.7 Å². The number of urea groups is 1. The number of ether oxygens (including phenoxy) is 2. The third-order valence-corrected chi connectivity index (χ3v) is 10.3. The highest BCUT2D eigenvalue weighted by Gasteiger charge is 2.22. The van der Waals surface area contributed by atoms with Crippen LogP contribution in [0, 0.1) is 0 Å². The Bertz CT molecular complexity index is 2280. The number of aromatic nitrogens is 5. The zero-order valence-electron chi connectivity index (χ0n) is 32.0. The Hall–Kier alpha value is -5.02. The molecule has 0 saturated heterocycles. The van der Waals surface area contributed by atoms with Crippen molar-refractivity contribution in [3.8, 4) is 28.3 Å². The molecule has 1 aliphatic rings. The number of fused-ring (bicyclic) bond motifs is 2. The third-order valence-electron chi connectivity index (χ3n) is 9.47. The predicted octanol–water partition coefficient (Wildman–Crippen LogP) is 5.58. The van der Waals surface area contributed by atoms with Crippen molar-refractivity contribution in [2.75, 3.05) is 59.9 Å². The minimum absolute atomic E-state index is 0.0310. The summed E-state index contributed by atoms with van der Waals surface area (Å²) in [6.45, 7) is 3.01. The van der Waals surface area contributed by atoms with Crippen molar-refractivity contribution in [2.45, 2.75) is 32.1 Å². The SMILES string of the molecule is CNCCCCN(CCOC)C(=O)NC.COc1nc(-c2cccc(-c3cccc(Nc4ncnc5c4c(=O)n(C)c(=O)n5C)c3Cl)c2Cl)cc2c1CCC2. The first-order valence-corrected chi connectivity index (χ1v) is 18.7. The normalized spacial score (nSPS) is 11.9. The van der Waals surface area contributed by atoms with Gasteiger partial charge in [-0.3, -0.25) is 13.9 Å². The number of nitrogens with zero attached hydrogens (tertiary/aromatic N) is 6. The van der Waals surface area contributed by atoms with Gasteiger partial charge in [0.25, 0.3) is 5.56 Å². The highest BCUT2D eigenvalue weighted by Crippen LogP contribution is 2.43. The van der Waals surface area contributed by atoms with Crippen LogP contribution in [0.1, 0.15) is 30.4 Å². The Morgan fingerprint density at radius 2 is 1.65 bits per heavy atom. The molecule has 2 aromatic carbocycles. The molecule has 16 heteroatoms. The van der Waals surface area contributed by atoms with Crippen molar-refractivity contribution in [1.29, 1.82) is 0 Å². The van der Waals surface area contributed by atoms with Crippen molar-refractivity contribution in [2.24, 2.45) is 14.1 Å². The van der Waals surface area contributed by atoms with E-state index < -0.39 is 11.2 Å². The fourth-order valence-electron chi connectivity index (χ4n) is 6.52. The van der Waals surface area contributed by atoms with E-state index in [1.807, 2.05) is 37.4 Å². The summed E-state index contributed by atoms with van der Waals surface area (Å²) in [5.74, 6) is 0.867. The summed E-state index contributed by atoms with van der Waals surface area (Å²) in [6.07, 6.45) is 6.39. The van der Waals surface area contributed by atoms with E-state index in [0.29, 0.717) is 40.3 Å². The molecule has 1 aliphatic carbocycles. The Morgan fingerprint density at radius 1 is 0.927 bits per heavy atom. The lowest BCUT2D eigenvalue weighted by Gasteiger charge is -2.21. The molecule has 0 saturated carbocycles. The number of hydrogen-bond donors (Lipinski definition) is 3. The first kappa shape index (κ1) is 41.1.